The highest BCUT2D eigenvalue weighted by Gasteiger charge is 2.32. The van der Waals surface area contributed by atoms with Crippen molar-refractivity contribution >= 4 is 11.0 Å². The summed E-state index contributed by atoms with van der Waals surface area (Å²) >= 11 is 0. The van der Waals surface area contributed by atoms with E-state index in [4.69, 9.17) is 4.52 Å². The second kappa shape index (κ2) is 5.88. The summed E-state index contributed by atoms with van der Waals surface area (Å²) < 4.78 is 7.74. The molecule has 1 atom stereocenters. The molecule has 28 heavy (non-hydrogen) atoms. The van der Waals surface area contributed by atoms with Gasteiger partial charge in [0.1, 0.15) is 0 Å². The number of rotatable bonds is 3. The first-order valence-electron chi connectivity index (χ1n) is 9.73. The normalized spacial score (nSPS) is 19.6. The van der Waals surface area contributed by atoms with Crippen molar-refractivity contribution in [2.24, 2.45) is 0 Å². The monoisotopic (exact) mass is 377 g/mol. The van der Waals surface area contributed by atoms with E-state index in [1.807, 2.05) is 18.2 Å². The summed E-state index contributed by atoms with van der Waals surface area (Å²) in [6, 6.07) is 6.09. The average molecular weight is 377 g/mol. The van der Waals surface area contributed by atoms with Crippen LogP contribution in [0.2, 0.25) is 0 Å². The maximum atomic E-state index is 11.5. The van der Waals surface area contributed by atoms with Gasteiger partial charge in [-0.05, 0) is 50.3 Å². The van der Waals surface area contributed by atoms with E-state index in [9.17, 15) is 4.79 Å². The van der Waals surface area contributed by atoms with Gasteiger partial charge in [0.15, 0.2) is 0 Å². The number of nitrogens with zero attached hydrogens (tertiary/aromatic N) is 5. The molecule has 0 saturated heterocycles. The van der Waals surface area contributed by atoms with Crippen LogP contribution in [0.1, 0.15) is 54.9 Å². The summed E-state index contributed by atoms with van der Waals surface area (Å²) in [4.78, 5) is 21.6. The van der Waals surface area contributed by atoms with E-state index in [0.29, 0.717) is 17.8 Å². The maximum absolute atomic E-state index is 11.5. The summed E-state index contributed by atoms with van der Waals surface area (Å²) in [5.74, 6) is 1.38. The van der Waals surface area contributed by atoms with Crippen LogP contribution in [0.4, 0.5) is 0 Å². The van der Waals surface area contributed by atoms with E-state index in [1.54, 1.807) is 0 Å². The molecular weight excluding hydrogens is 358 g/mol. The Morgan fingerprint density at radius 1 is 1.14 bits per heavy atom. The third-order valence-electron chi connectivity index (χ3n) is 6.03. The molecule has 3 aromatic heterocycles. The molecule has 142 valence electrons. The zero-order chi connectivity index (χ0) is 18.7. The fourth-order valence-electron chi connectivity index (χ4n) is 4.22. The van der Waals surface area contributed by atoms with Crippen LogP contribution in [0.25, 0.3) is 22.4 Å². The number of hydrogen-bond acceptors (Lipinski definition) is 6. The van der Waals surface area contributed by atoms with Gasteiger partial charge in [-0.3, -0.25) is 0 Å². The standard InChI is InChI=1S/C19H19N7O2/c27-19-20-13-6-4-10(8-15(13)21-19)17-22-18(28-24-17)11-5-7-14-16(9-11)26(25-23-14)12-2-1-3-12/h4,6,8,11-12H,1-3,5,7,9H2,(H2,20,21,27). The van der Waals surface area contributed by atoms with Gasteiger partial charge in [-0.2, -0.15) is 4.98 Å². The fourth-order valence-corrected chi connectivity index (χ4v) is 4.22. The summed E-state index contributed by atoms with van der Waals surface area (Å²) in [5, 5.41) is 13.0. The second-order valence-electron chi connectivity index (χ2n) is 7.75. The molecule has 1 unspecified atom stereocenters. The Hall–Kier alpha value is -3.23. The third kappa shape index (κ3) is 2.42. The molecule has 9 nitrogen and oxygen atoms in total. The van der Waals surface area contributed by atoms with Crippen molar-refractivity contribution < 1.29 is 4.52 Å². The first-order chi connectivity index (χ1) is 13.7. The Labute approximate surface area is 159 Å². The summed E-state index contributed by atoms with van der Waals surface area (Å²) in [7, 11) is 0. The quantitative estimate of drug-likeness (QED) is 0.566. The number of aryl methyl sites for hydroxylation is 1. The minimum atomic E-state index is -0.226. The van der Waals surface area contributed by atoms with Crippen molar-refractivity contribution in [3.05, 3.63) is 46.0 Å². The number of hydrogen-bond donors (Lipinski definition) is 2. The maximum Gasteiger partial charge on any atom is 0.323 e. The van der Waals surface area contributed by atoms with Crippen LogP contribution in [0.3, 0.4) is 0 Å². The molecule has 9 heteroatoms. The molecule has 0 spiro atoms. The van der Waals surface area contributed by atoms with E-state index in [-0.39, 0.29) is 11.6 Å². The van der Waals surface area contributed by atoms with Crippen LogP contribution in [0.5, 0.6) is 0 Å². The predicted octanol–water partition coefficient (Wildman–Crippen LogP) is 2.50. The predicted molar refractivity (Wildman–Crippen MR) is 99.9 cm³/mol. The molecule has 6 rings (SSSR count). The van der Waals surface area contributed by atoms with Gasteiger partial charge in [0.25, 0.3) is 0 Å². The third-order valence-corrected chi connectivity index (χ3v) is 6.03. The number of H-pyrrole nitrogens is 2. The van der Waals surface area contributed by atoms with Crippen molar-refractivity contribution in [3.8, 4) is 11.4 Å². The molecule has 2 aliphatic rings. The second-order valence-corrected chi connectivity index (χ2v) is 7.75. The molecule has 4 aromatic rings. The van der Waals surface area contributed by atoms with Gasteiger partial charge in [-0.15, -0.1) is 5.10 Å². The lowest BCUT2D eigenvalue weighted by atomic mass is 9.87. The van der Waals surface area contributed by atoms with Crippen LogP contribution in [0.15, 0.2) is 27.5 Å². The molecule has 1 fully saturated rings. The Balaban J connectivity index is 1.29. The van der Waals surface area contributed by atoms with Gasteiger partial charge < -0.3 is 14.5 Å². The first kappa shape index (κ1) is 15.8. The molecule has 1 saturated carbocycles. The van der Waals surface area contributed by atoms with E-state index >= 15 is 0 Å². The van der Waals surface area contributed by atoms with Crippen LogP contribution in [-0.2, 0) is 12.8 Å². The van der Waals surface area contributed by atoms with E-state index in [1.165, 1.54) is 25.0 Å². The minimum absolute atomic E-state index is 0.182. The lowest BCUT2D eigenvalue weighted by Crippen LogP contribution is -2.23. The minimum Gasteiger partial charge on any atom is -0.339 e. The van der Waals surface area contributed by atoms with E-state index in [0.717, 1.165) is 41.6 Å². The topological polar surface area (TPSA) is 118 Å². The zero-order valence-corrected chi connectivity index (χ0v) is 15.2. The molecule has 2 N–H and O–H groups in total. The van der Waals surface area contributed by atoms with Crippen LogP contribution in [-0.4, -0.2) is 35.1 Å². The van der Waals surface area contributed by atoms with Crippen LogP contribution >= 0.6 is 0 Å². The smallest absolute Gasteiger partial charge is 0.323 e. The van der Waals surface area contributed by atoms with Gasteiger partial charge in [0, 0.05) is 17.9 Å². The SMILES string of the molecule is O=c1[nH]c2ccc(-c3noc(C4CCc5nnn(C6CCC6)c5C4)n3)cc2[nH]1. The number of aromatic amines is 2. The van der Waals surface area contributed by atoms with Crippen molar-refractivity contribution in [1.82, 2.24) is 35.1 Å². The number of fused-ring (bicyclic) bond motifs is 2. The molecule has 0 amide bonds. The Bertz CT molecular complexity index is 1230. The van der Waals surface area contributed by atoms with Crippen molar-refractivity contribution in [2.75, 3.05) is 0 Å². The number of nitrogens with one attached hydrogen (secondary N) is 2. The van der Waals surface area contributed by atoms with E-state index in [2.05, 4.69) is 35.1 Å². The first-order valence-corrected chi connectivity index (χ1v) is 9.73. The lowest BCUT2D eigenvalue weighted by molar-refractivity contribution is 0.271. The zero-order valence-electron chi connectivity index (χ0n) is 15.2. The molecular formula is C19H19N7O2. The molecule has 1 aromatic carbocycles. The van der Waals surface area contributed by atoms with Gasteiger partial charge in [0.05, 0.1) is 28.5 Å². The van der Waals surface area contributed by atoms with Gasteiger partial charge in [-0.1, -0.05) is 10.4 Å². The lowest BCUT2D eigenvalue weighted by Gasteiger charge is -2.28. The molecule has 0 aliphatic heterocycles. The molecule has 0 radical (unpaired) electrons. The van der Waals surface area contributed by atoms with Crippen molar-refractivity contribution in [3.63, 3.8) is 0 Å². The number of benzene rings is 1. The Morgan fingerprint density at radius 2 is 2.04 bits per heavy atom. The number of aromatic nitrogens is 7. The summed E-state index contributed by atoms with van der Waals surface area (Å²) in [6.45, 7) is 0. The van der Waals surface area contributed by atoms with Gasteiger partial charge >= 0.3 is 5.69 Å². The largest absolute Gasteiger partial charge is 0.339 e. The number of imidazole rings is 1. The van der Waals surface area contributed by atoms with Gasteiger partial charge in [-0.25, -0.2) is 9.48 Å². The van der Waals surface area contributed by atoms with Crippen molar-refractivity contribution in [1.29, 1.82) is 0 Å². The fraction of sp³-hybridized carbons (Fsp3) is 0.421. The molecule has 2 aliphatic carbocycles. The highest BCUT2D eigenvalue weighted by Crippen LogP contribution is 2.37. The van der Waals surface area contributed by atoms with E-state index < -0.39 is 0 Å². The van der Waals surface area contributed by atoms with Gasteiger partial charge in [0.2, 0.25) is 11.7 Å². The molecule has 0 bridgehead atoms. The Morgan fingerprint density at radius 3 is 2.89 bits per heavy atom. The summed E-state index contributed by atoms with van der Waals surface area (Å²) in [5.41, 5.74) is 4.42. The highest BCUT2D eigenvalue weighted by atomic mass is 16.5. The Kier molecular flexibility index (Phi) is 3.32. The summed E-state index contributed by atoms with van der Waals surface area (Å²) in [6.07, 6.45) is 6.31. The van der Waals surface area contributed by atoms with Crippen LogP contribution in [0, 0.1) is 0 Å². The highest BCUT2D eigenvalue weighted by molar-refractivity contribution is 5.79. The van der Waals surface area contributed by atoms with Crippen LogP contribution < -0.4 is 5.69 Å². The molecule has 3 heterocycles. The van der Waals surface area contributed by atoms with Crippen molar-refractivity contribution in [2.45, 2.75) is 50.5 Å². The average Bonchev–Trinajstić information content (AvgIpc) is 3.37.